The second-order valence-corrected chi connectivity index (χ2v) is 4.52. The van der Waals surface area contributed by atoms with Gasteiger partial charge in [-0.1, -0.05) is 0 Å². The van der Waals surface area contributed by atoms with E-state index in [-0.39, 0.29) is 11.8 Å². The minimum Gasteiger partial charge on any atom is -0.480 e. The van der Waals surface area contributed by atoms with Gasteiger partial charge in [-0.2, -0.15) is 0 Å². The molecule has 78 valence electrons. The van der Waals surface area contributed by atoms with Crippen molar-refractivity contribution in [3.8, 4) is 0 Å². The first kappa shape index (κ1) is 9.79. The predicted octanol–water partition coefficient (Wildman–Crippen LogP) is -0.808. The average Bonchev–Trinajstić information content (AvgIpc) is 2.47. The first-order valence-corrected chi connectivity index (χ1v) is 5.67. The van der Waals surface area contributed by atoms with Gasteiger partial charge in [0.05, 0.1) is 11.8 Å². The number of hydrogen-bond acceptors (Lipinski definition) is 4. The van der Waals surface area contributed by atoms with Crippen molar-refractivity contribution in [2.45, 2.75) is 6.04 Å². The van der Waals surface area contributed by atoms with Gasteiger partial charge in [-0.15, -0.1) is 11.8 Å². The molecule has 2 fully saturated rings. The van der Waals surface area contributed by atoms with Crippen LogP contribution in [0.15, 0.2) is 0 Å². The summed E-state index contributed by atoms with van der Waals surface area (Å²) in [5.74, 6) is 0.125. The highest BCUT2D eigenvalue weighted by atomic mass is 32.2. The number of carboxylic acid groups (broad SMARTS) is 1. The molecule has 5 nitrogen and oxygen atoms in total. The largest absolute Gasteiger partial charge is 0.480 e. The summed E-state index contributed by atoms with van der Waals surface area (Å²) in [6.07, 6.45) is 0. The highest BCUT2D eigenvalue weighted by Crippen LogP contribution is 2.23. The van der Waals surface area contributed by atoms with Crippen LogP contribution in [0.1, 0.15) is 0 Å². The summed E-state index contributed by atoms with van der Waals surface area (Å²) in [6.45, 7) is 1.37. The first-order valence-electron chi connectivity index (χ1n) is 4.52. The van der Waals surface area contributed by atoms with Crippen LogP contribution in [-0.2, 0) is 9.59 Å². The summed E-state index contributed by atoms with van der Waals surface area (Å²) < 4.78 is 0. The van der Waals surface area contributed by atoms with Gasteiger partial charge in [-0.05, 0) is 0 Å². The zero-order valence-electron chi connectivity index (χ0n) is 7.60. The molecule has 14 heavy (non-hydrogen) atoms. The number of carboxylic acids is 1. The minimum atomic E-state index is -0.893. The third-order valence-corrected chi connectivity index (χ3v) is 3.59. The monoisotopic (exact) mass is 216 g/mol. The van der Waals surface area contributed by atoms with Gasteiger partial charge >= 0.3 is 5.97 Å². The van der Waals surface area contributed by atoms with Gasteiger partial charge in [-0.25, -0.2) is 4.79 Å². The van der Waals surface area contributed by atoms with E-state index in [1.807, 2.05) is 0 Å². The normalized spacial score (nSPS) is 27.4. The van der Waals surface area contributed by atoms with Gasteiger partial charge in [-0.3, -0.25) is 4.79 Å². The van der Waals surface area contributed by atoms with Crippen LogP contribution in [0.25, 0.3) is 0 Å². The van der Waals surface area contributed by atoms with E-state index in [0.29, 0.717) is 24.7 Å². The lowest BCUT2D eigenvalue weighted by Gasteiger charge is -2.31. The van der Waals surface area contributed by atoms with E-state index < -0.39 is 12.0 Å². The van der Waals surface area contributed by atoms with Crippen LogP contribution in [0.3, 0.4) is 0 Å². The van der Waals surface area contributed by atoms with Crippen LogP contribution in [0.5, 0.6) is 0 Å². The first-order chi connectivity index (χ1) is 6.70. The number of hydrogen-bond donors (Lipinski definition) is 2. The fraction of sp³-hybridized carbons (Fsp3) is 0.750. The Morgan fingerprint density at radius 3 is 2.64 bits per heavy atom. The van der Waals surface area contributed by atoms with Gasteiger partial charge in [0.25, 0.3) is 0 Å². The molecular formula is C8H12N2O3S. The Morgan fingerprint density at radius 1 is 1.43 bits per heavy atom. The molecule has 0 aromatic heterocycles. The van der Waals surface area contributed by atoms with Crippen molar-refractivity contribution >= 4 is 23.6 Å². The van der Waals surface area contributed by atoms with Crippen LogP contribution in [0.4, 0.5) is 0 Å². The van der Waals surface area contributed by atoms with Crippen LogP contribution in [0, 0.1) is 5.92 Å². The van der Waals surface area contributed by atoms with Crippen molar-refractivity contribution in [1.29, 1.82) is 0 Å². The molecule has 0 unspecified atom stereocenters. The summed E-state index contributed by atoms with van der Waals surface area (Å²) in [6, 6.07) is -0.618. The lowest BCUT2D eigenvalue weighted by atomic mass is 10.0. The number of aliphatic carboxylic acids is 1. The van der Waals surface area contributed by atoms with Crippen molar-refractivity contribution in [3.05, 3.63) is 0 Å². The average molecular weight is 216 g/mol. The van der Waals surface area contributed by atoms with Crippen molar-refractivity contribution in [2.24, 2.45) is 5.92 Å². The third kappa shape index (κ3) is 1.59. The molecule has 6 heteroatoms. The minimum absolute atomic E-state index is 0.00412. The standard InChI is InChI=1S/C8H12N2O3S/c11-7(5-1-9-2-5)10-4-14-3-6(10)8(12)13/h5-6,9H,1-4H2,(H,12,13)/t6-/m0/s1. The molecule has 0 spiro atoms. The maximum absolute atomic E-state index is 11.8. The zero-order chi connectivity index (χ0) is 10.1. The third-order valence-electron chi connectivity index (χ3n) is 2.58. The SMILES string of the molecule is O=C(O)[C@@H]1CSCN1C(=O)C1CNC1. The van der Waals surface area contributed by atoms with E-state index in [1.165, 1.54) is 16.7 Å². The molecule has 0 aliphatic carbocycles. The van der Waals surface area contributed by atoms with Gasteiger partial charge in [0.2, 0.25) is 5.91 Å². The fourth-order valence-electron chi connectivity index (χ4n) is 1.56. The van der Waals surface area contributed by atoms with Crippen LogP contribution in [-0.4, -0.2) is 52.6 Å². The molecule has 2 N–H and O–H groups in total. The highest BCUT2D eigenvalue weighted by molar-refractivity contribution is 7.99. The summed E-state index contributed by atoms with van der Waals surface area (Å²) in [4.78, 5) is 24.1. The van der Waals surface area contributed by atoms with Crippen LogP contribution in [0.2, 0.25) is 0 Å². The lowest BCUT2D eigenvalue weighted by Crippen LogP contribution is -2.54. The van der Waals surface area contributed by atoms with E-state index in [0.717, 1.165) is 0 Å². The number of amides is 1. The Kier molecular flexibility index (Phi) is 2.64. The van der Waals surface area contributed by atoms with Gasteiger partial charge < -0.3 is 15.3 Å². The number of rotatable bonds is 2. The van der Waals surface area contributed by atoms with Crippen LogP contribution < -0.4 is 5.32 Å². The summed E-state index contributed by atoms with van der Waals surface area (Å²) in [5, 5.41) is 11.9. The van der Waals surface area contributed by atoms with Crippen molar-refractivity contribution in [2.75, 3.05) is 24.7 Å². The zero-order valence-corrected chi connectivity index (χ0v) is 8.42. The molecule has 2 heterocycles. The van der Waals surface area contributed by atoms with Crippen molar-refractivity contribution in [1.82, 2.24) is 10.2 Å². The number of nitrogens with one attached hydrogen (secondary N) is 1. The maximum Gasteiger partial charge on any atom is 0.327 e. The predicted molar refractivity (Wildman–Crippen MR) is 52.0 cm³/mol. The Hall–Kier alpha value is -0.750. The van der Waals surface area contributed by atoms with Gasteiger partial charge in [0, 0.05) is 18.8 Å². The molecule has 0 bridgehead atoms. The molecule has 0 aromatic rings. The summed E-state index contributed by atoms with van der Waals surface area (Å²) >= 11 is 1.50. The Morgan fingerprint density at radius 2 is 2.14 bits per heavy atom. The van der Waals surface area contributed by atoms with Crippen LogP contribution >= 0.6 is 11.8 Å². The molecule has 2 rings (SSSR count). The van der Waals surface area contributed by atoms with E-state index in [9.17, 15) is 9.59 Å². The molecule has 0 aromatic carbocycles. The lowest BCUT2D eigenvalue weighted by molar-refractivity contribution is -0.150. The second-order valence-electron chi connectivity index (χ2n) is 3.52. The molecule has 2 saturated heterocycles. The Labute approximate surface area is 85.8 Å². The molecule has 0 radical (unpaired) electrons. The van der Waals surface area contributed by atoms with E-state index in [4.69, 9.17) is 5.11 Å². The summed E-state index contributed by atoms with van der Waals surface area (Å²) in [5.41, 5.74) is 0. The van der Waals surface area contributed by atoms with Crippen molar-refractivity contribution < 1.29 is 14.7 Å². The summed E-state index contributed by atoms with van der Waals surface area (Å²) in [7, 11) is 0. The van der Waals surface area contributed by atoms with E-state index in [1.54, 1.807) is 0 Å². The topological polar surface area (TPSA) is 69.6 Å². The van der Waals surface area contributed by atoms with E-state index >= 15 is 0 Å². The molecule has 2 aliphatic rings. The second kappa shape index (κ2) is 3.78. The Balaban J connectivity index is 2.01. The molecule has 2 aliphatic heterocycles. The molecule has 0 saturated carbocycles. The maximum atomic E-state index is 11.8. The molecule has 1 atom stereocenters. The Bertz CT molecular complexity index is 267. The van der Waals surface area contributed by atoms with Crippen molar-refractivity contribution in [3.63, 3.8) is 0 Å². The quantitative estimate of drug-likeness (QED) is 0.632. The molecule has 1 amide bonds. The van der Waals surface area contributed by atoms with Gasteiger partial charge in [0.1, 0.15) is 6.04 Å². The number of carbonyl (C=O) groups is 2. The smallest absolute Gasteiger partial charge is 0.327 e. The number of carbonyl (C=O) groups excluding carboxylic acids is 1. The molecular weight excluding hydrogens is 204 g/mol. The van der Waals surface area contributed by atoms with Gasteiger partial charge in [0.15, 0.2) is 0 Å². The van der Waals surface area contributed by atoms with E-state index in [2.05, 4.69) is 5.32 Å². The number of nitrogens with zero attached hydrogens (tertiary/aromatic N) is 1. The number of thioether (sulfide) groups is 1. The fourth-order valence-corrected chi connectivity index (χ4v) is 2.72. The highest BCUT2D eigenvalue weighted by Gasteiger charge is 2.39.